The quantitative estimate of drug-likeness (QED) is 0.555. The molecule has 0 bridgehead atoms. The minimum Gasteiger partial charge on any atom is -0.298 e. The number of aldehydes is 1. The number of carbonyl (C=O) groups is 1. The van der Waals surface area contributed by atoms with E-state index >= 15 is 0 Å². The van der Waals surface area contributed by atoms with Gasteiger partial charge in [0, 0.05) is 5.56 Å². The Kier molecular flexibility index (Phi) is 3.42. The van der Waals surface area contributed by atoms with Gasteiger partial charge in [0.05, 0.1) is 16.1 Å². The van der Waals surface area contributed by atoms with E-state index in [4.69, 9.17) is 11.6 Å². The zero-order valence-corrected chi connectivity index (χ0v) is 8.54. The Labute approximate surface area is 96.0 Å². The van der Waals surface area contributed by atoms with Crippen LogP contribution in [0, 0.1) is 0 Å². The number of hydrogen-bond donors (Lipinski definition) is 0. The van der Waals surface area contributed by atoms with E-state index in [1.165, 1.54) is 0 Å². The Morgan fingerprint density at radius 3 is 1.88 bits per heavy atom. The van der Waals surface area contributed by atoms with E-state index in [0.717, 1.165) is 0 Å². The number of halogens is 7. The van der Waals surface area contributed by atoms with E-state index in [1.807, 2.05) is 0 Å². The predicted molar refractivity (Wildman–Crippen MR) is 46.8 cm³/mol. The summed E-state index contributed by atoms with van der Waals surface area (Å²) in [5, 5.41) is -1.04. The molecule has 0 aromatic heterocycles. The summed E-state index contributed by atoms with van der Waals surface area (Å²) in [6, 6.07) is 0.139. The fraction of sp³-hybridized carbons (Fsp3) is 0.222. The van der Waals surface area contributed by atoms with Crippen molar-refractivity contribution in [1.82, 2.24) is 0 Å². The molecule has 0 spiro atoms. The van der Waals surface area contributed by atoms with Gasteiger partial charge in [0.2, 0.25) is 0 Å². The molecule has 0 unspecified atom stereocenters. The van der Waals surface area contributed by atoms with Crippen molar-refractivity contribution in [3.63, 3.8) is 0 Å². The van der Waals surface area contributed by atoms with E-state index in [-0.39, 0.29) is 18.4 Å². The van der Waals surface area contributed by atoms with Gasteiger partial charge in [-0.05, 0) is 12.1 Å². The zero-order valence-electron chi connectivity index (χ0n) is 7.79. The van der Waals surface area contributed by atoms with Crippen LogP contribution in [0.25, 0.3) is 0 Å². The third-order valence-electron chi connectivity index (χ3n) is 1.86. The Bertz CT molecular complexity index is 448. The van der Waals surface area contributed by atoms with E-state index in [2.05, 4.69) is 0 Å². The molecule has 1 nitrogen and oxygen atoms in total. The second-order valence-corrected chi connectivity index (χ2v) is 3.42. The van der Waals surface area contributed by atoms with Crippen molar-refractivity contribution in [3.05, 3.63) is 33.8 Å². The summed E-state index contributed by atoms with van der Waals surface area (Å²) in [6.45, 7) is 0. The SMILES string of the molecule is O=Cc1cc(C(F)(F)F)cc(C(F)(F)F)c1Cl. The molecule has 0 heterocycles. The van der Waals surface area contributed by atoms with Gasteiger partial charge in [0.1, 0.15) is 0 Å². The van der Waals surface area contributed by atoms with Crippen molar-refractivity contribution in [3.8, 4) is 0 Å². The van der Waals surface area contributed by atoms with Crippen LogP contribution >= 0.6 is 11.6 Å². The minimum absolute atomic E-state index is 0.130. The van der Waals surface area contributed by atoms with Gasteiger partial charge in [-0.3, -0.25) is 4.79 Å². The molecule has 1 aromatic carbocycles. The summed E-state index contributed by atoms with van der Waals surface area (Å²) in [7, 11) is 0. The van der Waals surface area contributed by atoms with Crippen LogP contribution in [0.1, 0.15) is 21.5 Å². The maximum absolute atomic E-state index is 12.4. The molecule has 94 valence electrons. The second kappa shape index (κ2) is 4.21. The van der Waals surface area contributed by atoms with Crippen LogP contribution in [0.5, 0.6) is 0 Å². The van der Waals surface area contributed by atoms with Crippen molar-refractivity contribution < 1.29 is 31.1 Å². The lowest BCUT2D eigenvalue weighted by atomic mass is 10.1. The summed E-state index contributed by atoms with van der Waals surface area (Å²) in [6.07, 6.45) is -10.2. The topological polar surface area (TPSA) is 17.1 Å². The van der Waals surface area contributed by atoms with Gasteiger partial charge in [-0.25, -0.2) is 0 Å². The molecule has 0 aliphatic rings. The molecule has 17 heavy (non-hydrogen) atoms. The monoisotopic (exact) mass is 276 g/mol. The van der Waals surface area contributed by atoms with Gasteiger partial charge in [0.15, 0.2) is 6.29 Å². The molecular formula is C9H3ClF6O. The number of carbonyl (C=O) groups excluding carboxylic acids is 1. The maximum atomic E-state index is 12.4. The Morgan fingerprint density at radius 1 is 1.00 bits per heavy atom. The molecule has 0 N–H and O–H groups in total. The third-order valence-corrected chi connectivity index (χ3v) is 2.28. The molecule has 0 aliphatic carbocycles. The molecule has 0 saturated heterocycles. The fourth-order valence-electron chi connectivity index (χ4n) is 1.10. The highest BCUT2D eigenvalue weighted by Crippen LogP contribution is 2.40. The van der Waals surface area contributed by atoms with Crippen LogP contribution in [0.4, 0.5) is 26.3 Å². The van der Waals surface area contributed by atoms with Crippen molar-refractivity contribution >= 4 is 17.9 Å². The number of rotatable bonds is 1. The van der Waals surface area contributed by atoms with Crippen LogP contribution in [0.2, 0.25) is 5.02 Å². The molecule has 0 amide bonds. The largest absolute Gasteiger partial charge is 0.417 e. The highest BCUT2D eigenvalue weighted by atomic mass is 35.5. The van der Waals surface area contributed by atoms with E-state index in [9.17, 15) is 31.1 Å². The molecule has 0 atom stereocenters. The van der Waals surface area contributed by atoms with Crippen LogP contribution in [-0.4, -0.2) is 6.29 Å². The van der Waals surface area contributed by atoms with Crippen LogP contribution < -0.4 is 0 Å². The highest BCUT2D eigenvalue weighted by molar-refractivity contribution is 6.33. The Morgan fingerprint density at radius 2 is 1.53 bits per heavy atom. The average molecular weight is 277 g/mol. The van der Waals surface area contributed by atoms with E-state index < -0.39 is 34.1 Å². The summed E-state index contributed by atoms with van der Waals surface area (Å²) in [4.78, 5) is 10.4. The Balaban J connectivity index is 3.56. The van der Waals surface area contributed by atoms with Crippen molar-refractivity contribution in [2.24, 2.45) is 0 Å². The fourth-order valence-corrected chi connectivity index (χ4v) is 1.36. The molecule has 1 rings (SSSR count). The van der Waals surface area contributed by atoms with Crippen LogP contribution in [0.15, 0.2) is 12.1 Å². The van der Waals surface area contributed by atoms with Gasteiger partial charge < -0.3 is 0 Å². The summed E-state index contributed by atoms with van der Waals surface area (Å²) >= 11 is 5.20. The third kappa shape index (κ3) is 2.91. The Hall–Kier alpha value is -1.24. The normalized spacial score (nSPS) is 12.6. The number of alkyl halides is 6. The molecule has 8 heteroatoms. The lowest BCUT2D eigenvalue weighted by Crippen LogP contribution is -2.12. The average Bonchev–Trinajstić information content (AvgIpc) is 2.14. The first kappa shape index (κ1) is 13.8. The van der Waals surface area contributed by atoms with E-state index in [0.29, 0.717) is 0 Å². The van der Waals surface area contributed by atoms with Crippen LogP contribution in [0.3, 0.4) is 0 Å². The van der Waals surface area contributed by atoms with Gasteiger partial charge in [-0.2, -0.15) is 26.3 Å². The first-order valence-electron chi connectivity index (χ1n) is 4.00. The molecule has 0 fully saturated rings. The number of hydrogen-bond acceptors (Lipinski definition) is 1. The lowest BCUT2D eigenvalue weighted by molar-refractivity contribution is -0.143. The first-order chi connectivity index (χ1) is 7.57. The maximum Gasteiger partial charge on any atom is 0.417 e. The molecule has 0 aliphatic heterocycles. The summed E-state index contributed by atoms with van der Waals surface area (Å²) in [5.41, 5.74) is -4.11. The number of benzene rings is 1. The van der Waals surface area contributed by atoms with E-state index in [1.54, 1.807) is 0 Å². The molecule has 1 aromatic rings. The second-order valence-electron chi connectivity index (χ2n) is 3.04. The predicted octanol–water partition coefficient (Wildman–Crippen LogP) is 4.19. The van der Waals surface area contributed by atoms with Crippen molar-refractivity contribution in [2.75, 3.05) is 0 Å². The van der Waals surface area contributed by atoms with Gasteiger partial charge in [-0.15, -0.1) is 0 Å². The smallest absolute Gasteiger partial charge is 0.298 e. The standard InChI is InChI=1S/C9H3ClF6O/c10-7-4(3-17)1-5(8(11,12)13)2-6(7)9(14,15)16/h1-3H. The van der Waals surface area contributed by atoms with Crippen LogP contribution in [-0.2, 0) is 12.4 Å². The lowest BCUT2D eigenvalue weighted by Gasteiger charge is -2.14. The van der Waals surface area contributed by atoms with Crippen molar-refractivity contribution in [2.45, 2.75) is 12.4 Å². The molecule has 0 radical (unpaired) electrons. The summed E-state index contributed by atoms with van der Waals surface area (Å²) < 4.78 is 73.9. The van der Waals surface area contributed by atoms with Gasteiger partial charge >= 0.3 is 12.4 Å². The van der Waals surface area contributed by atoms with Gasteiger partial charge in [-0.1, -0.05) is 11.6 Å². The molecule has 0 saturated carbocycles. The highest BCUT2D eigenvalue weighted by Gasteiger charge is 2.39. The summed E-state index contributed by atoms with van der Waals surface area (Å²) in [5.74, 6) is 0. The minimum atomic E-state index is -5.06. The zero-order chi connectivity index (χ0) is 13.4. The van der Waals surface area contributed by atoms with Gasteiger partial charge in [0.25, 0.3) is 0 Å². The van der Waals surface area contributed by atoms with Crippen molar-refractivity contribution in [1.29, 1.82) is 0 Å². The molecular weight excluding hydrogens is 274 g/mol. The first-order valence-corrected chi connectivity index (χ1v) is 4.38.